The number of hydrogen-bond donors (Lipinski definition) is 3. The van der Waals surface area contributed by atoms with Crippen molar-refractivity contribution in [2.45, 2.75) is 43.2 Å². The Balaban J connectivity index is 1.52. The zero-order valence-corrected chi connectivity index (χ0v) is 15.4. The molecule has 3 heteroatoms. The molecule has 0 saturated heterocycles. The normalized spacial score (nSPS) is 28.3. The van der Waals surface area contributed by atoms with E-state index in [2.05, 4.69) is 77.3 Å². The van der Waals surface area contributed by atoms with E-state index in [9.17, 15) is 0 Å². The number of nitrogens with one attached hydrogen (secondary N) is 3. The molecule has 0 amide bonds. The van der Waals surface area contributed by atoms with E-state index < -0.39 is 0 Å². The fourth-order valence-electron chi connectivity index (χ4n) is 5.35. The predicted octanol–water partition coefficient (Wildman–Crippen LogP) is 4.20. The molecule has 3 N–H and O–H groups in total. The molecule has 3 aromatic rings. The smallest absolute Gasteiger partial charge is 0.0591 e. The Morgan fingerprint density at radius 3 is 2.38 bits per heavy atom. The van der Waals surface area contributed by atoms with E-state index in [0.717, 1.165) is 38.6 Å². The number of aromatic nitrogens is 1. The van der Waals surface area contributed by atoms with Gasteiger partial charge in [-0.15, -0.1) is 0 Å². The minimum atomic E-state index is 0.0951. The van der Waals surface area contributed by atoms with Gasteiger partial charge in [-0.25, -0.2) is 0 Å². The molecule has 134 valence electrons. The van der Waals surface area contributed by atoms with Crippen LogP contribution in [0.4, 0.5) is 0 Å². The quantitative estimate of drug-likeness (QED) is 0.651. The molecule has 2 aliphatic rings. The van der Waals surface area contributed by atoms with Gasteiger partial charge in [-0.3, -0.25) is 0 Å². The van der Waals surface area contributed by atoms with Gasteiger partial charge < -0.3 is 15.6 Å². The summed E-state index contributed by atoms with van der Waals surface area (Å²) >= 11 is 0. The number of para-hydroxylation sites is 1. The second-order valence-corrected chi connectivity index (χ2v) is 7.98. The Morgan fingerprint density at radius 2 is 1.62 bits per heavy atom. The van der Waals surface area contributed by atoms with Crippen molar-refractivity contribution >= 4 is 10.9 Å². The second-order valence-electron chi connectivity index (χ2n) is 7.98. The van der Waals surface area contributed by atoms with Gasteiger partial charge in [-0.1, -0.05) is 48.5 Å². The minimum absolute atomic E-state index is 0.0951. The van der Waals surface area contributed by atoms with Crippen LogP contribution in [0.15, 0.2) is 54.6 Å². The molecule has 0 unspecified atom stereocenters. The Labute approximate surface area is 155 Å². The first-order valence-electron chi connectivity index (χ1n) is 9.86. The Hall–Kier alpha value is -2.10. The summed E-state index contributed by atoms with van der Waals surface area (Å²) < 4.78 is 0. The van der Waals surface area contributed by atoms with Crippen LogP contribution >= 0.6 is 0 Å². The first-order valence-corrected chi connectivity index (χ1v) is 9.86. The van der Waals surface area contributed by atoms with Crippen molar-refractivity contribution in [2.75, 3.05) is 13.6 Å². The lowest BCUT2D eigenvalue weighted by Gasteiger charge is -2.49. The summed E-state index contributed by atoms with van der Waals surface area (Å²) in [5.41, 5.74) is 5.89. The van der Waals surface area contributed by atoms with Crippen LogP contribution in [0.25, 0.3) is 10.9 Å². The molecule has 1 spiro atoms. The van der Waals surface area contributed by atoms with Crippen molar-refractivity contribution in [3.05, 3.63) is 71.4 Å². The molecule has 2 aromatic carbocycles. The Kier molecular flexibility index (Phi) is 3.70. The summed E-state index contributed by atoms with van der Waals surface area (Å²) in [5.74, 6) is 0. The third-order valence-electron chi connectivity index (χ3n) is 6.89. The zero-order chi connectivity index (χ0) is 17.6. The fraction of sp³-hybridized carbons (Fsp3) is 0.391. The molecule has 1 aliphatic heterocycles. The van der Waals surface area contributed by atoms with Gasteiger partial charge in [-0.2, -0.15) is 0 Å². The summed E-state index contributed by atoms with van der Waals surface area (Å²) in [6.07, 6.45) is 5.73. The number of rotatable bonds is 2. The van der Waals surface area contributed by atoms with Crippen LogP contribution in [0.2, 0.25) is 0 Å². The molecule has 1 aromatic heterocycles. The van der Waals surface area contributed by atoms with Gasteiger partial charge in [0.05, 0.1) is 5.54 Å². The number of hydrogen-bond acceptors (Lipinski definition) is 2. The van der Waals surface area contributed by atoms with E-state index in [1.54, 1.807) is 0 Å². The molecule has 0 atom stereocenters. The summed E-state index contributed by atoms with van der Waals surface area (Å²) in [6.45, 7) is 1.08. The highest BCUT2D eigenvalue weighted by Crippen LogP contribution is 2.48. The maximum Gasteiger partial charge on any atom is 0.0591 e. The first-order chi connectivity index (χ1) is 12.8. The summed E-state index contributed by atoms with van der Waals surface area (Å²) in [4.78, 5) is 3.78. The standard InChI is InChI=1S/C23H27N3/c1-24-22(17-7-3-2-4-8-17)12-14-23(15-13-22)21-19(11-16-25-23)18-9-5-6-10-20(18)26-21/h2-10,24-26H,11-16H2,1H3. The van der Waals surface area contributed by atoms with Crippen molar-refractivity contribution in [1.29, 1.82) is 0 Å². The van der Waals surface area contributed by atoms with Gasteiger partial charge in [0, 0.05) is 28.7 Å². The maximum atomic E-state index is 3.91. The van der Waals surface area contributed by atoms with Gasteiger partial charge in [0.15, 0.2) is 0 Å². The SMILES string of the molecule is CNC1(c2ccccc2)CCC2(CC1)NCCc1c2[nH]c2ccccc12. The largest absolute Gasteiger partial charge is 0.357 e. The molecule has 0 bridgehead atoms. The third kappa shape index (κ3) is 2.27. The molecule has 1 aliphatic carbocycles. The average Bonchev–Trinajstić information content (AvgIpc) is 3.10. The average molecular weight is 345 g/mol. The molecule has 26 heavy (non-hydrogen) atoms. The highest BCUT2D eigenvalue weighted by molar-refractivity contribution is 5.85. The summed E-state index contributed by atoms with van der Waals surface area (Å²) in [6, 6.07) is 19.8. The Bertz CT molecular complexity index is 917. The van der Waals surface area contributed by atoms with Crippen LogP contribution in [0.5, 0.6) is 0 Å². The van der Waals surface area contributed by atoms with Gasteiger partial charge >= 0.3 is 0 Å². The van der Waals surface area contributed by atoms with Crippen molar-refractivity contribution in [3.63, 3.8) is 0 Å². The fourth-order valence-corrected chi connectivity index (χ4v) is 5.35. The lowest BCUT2D eigenvalue weighted by Crippen LogP contribution is -2.54. The third-order valence-corrected chi connectivity index (χ3v) is 6.89. The molecule has 5 rings (SSSR count). The van der Waals surface area contributed by atoms with E-state index in [4.69, 9.17) is 0 Å². The van der Waals surface area contributed by atoms with E-state index in [1.165, 1.54) is 27.7 Å². The van der Waals surface area contributed by atoms with Crippen molar-refractivity contribution in [3.8, 4) is 0 Å². The van der Waals surface area contributed by atoms with Gasteiger partial charge in [0.25, 0.3) is 0 Å². The zero-order valence-electron chi connectivity index (χ0n) is 15.4. The molecule has 2 heterocycles. The Morgan fingerprint density at radius 1 is 0.885 bits per heavy atom. The van der Waals surface area contributed by atoms with E-state index in [1.807, 2.05) is 0 Å². The molecular weight excluding hydrogens is 318 g/mol. The molecule has 1 fully saturated rings. The topological polar surface area (TPSA) is 39.8 Å². The van der Waals surface area contributed by atoms with Crippen molar-refractivity contribution < 1.29 is 0 Å². The first kappa shape index (κ1) is 16.1. The number of aromatic amines is 1. The lowest BCUT2D eigenvalue weighted by atomic mass is 9.66. The summed E-state index contributed by atoms with van der Waals surface area (Å²) in [7, 11) is 2.12. The highest BCUT2D eigenvalue weighted by Gasteiger charge is 2.46. The van der Waals surface area contributed by atoms with Crippen molar-refractivity contribution in [1.82, 2.24) is 15.6 Å². The monoisotopic (exact) mass is 345 g/mol. The van der Waals surface area contributed by atoms with Crippen LogP contribution in [-0.2, 0) is 17.5 Å². The van der Waals surface area contributed by atoms with Gasteiger partial charge in [0.1, 0.15) is 0 Å². The number of benzene rings is 2. The molecular formula is C23H27N3. The molecule has 1 saturated carbocycles. The maximum absolute atomic E-state index is 3.91. The van der Waals surface area contributed by atoms with E-state index in [-0.39, 0.29) is 11.1 Å². The summed E-state index contributed by atoms with van der Waals surface area (Å²) in [5, 5.41) is 8.99. The molecule has 3 nitrogen and oxygen atoms in total. The van der Waals surface area contributed by atoms with E-state index >= 15 is 0 Å². The van der Waals surface area contributed by atoms with Crippen LogP contribution in [0.1, 0.15) is 42.5 Å². The van der Waals surface area contributed by atoms with Crippen molar-refractivity contribution in [2.24, 2.45) is 0 Å². The van der Waals surface area contributed by atoms with Crippen LogP contribution in [-0.4, -0.2) is 18.6 Å². The van der Waals surface area contributed by atoms with Crippen LogP contribution < -0.4 is 10.6 Å². The predicted molar refractivity (Wildman–Crippen MR) is 107 cm³/mol. The lowest BCUT2D eigenvalue weighted by molar-refractivity contribution is 0.134. The van der Waals surface area contributed by atoms with Crippen LogP contribution in [0, 0.1) is 0 Å². The second kappa shape index (κ2) is 5.97. The molecule has 0 radical (unpaired) electrons. The van der Waals surface area contributed by atoms with Crippen LogP contribution in [0.3, 0.4) is 0 Å². The van der Waals surface area contributed by atoms with Gasteiger partial charge in [-0.05, 0) is 56.3 Å². The highest BCUT2D eigenvalue weighted by atomic mass is 15.0. The van der Waals surface area contributed by atoms with Gasteiger partial charge in [0.2, 0.25) is 0 Å². The van der Waals surface area contributed by atoms with E-state index in [0.29, 0.717) is 0 Å². The minimum Gasteiger partial charge on any atom is -0.357 e. The number of H-pyrrole nitrogens is 1. The number of fused-ring (bicyclic) bond motifs is 4.